The Bertz CT molecular complexity index is 731. The van der Waals surface area contributed by atoms with Gasteiger partial charge < -0.3 is 14.5 Å². The van der Waals surface area contributed by atoms with Gasteiger partial charge in [-0.2, -0.15) is 0 Å². The summed E-state index contributed by atoms with van der Waals surface area (Å²) in [4.78, 5) is 12.9. The molecule has 1 unspecified atom stereocenters. The van der Waals surface area contributed by atoms with Gasteiger partial charge in [-0.15, -0.1) is 0 Å². The van der Waals surface area contributed by atoms with Crippen molar-refractivity contribution in [3.8, 4) is 0 Å². The monoisotopic (exact) mass is 346 g/mol. The summed E-state index contributed by atoms with van der Waals surface area (Å²) >= 11 is 0. The molecule has 3 heterocycles. The van der Waals surface area contributed by atoms with E-state index in [0.29, 0.717) is 26.2 Å². The number of hydrogen-bond donors (Lipinski definition) is 0. The minimum atomic E-state index is -0.469. The predicted octanol–water partition coefficient (Wildman–Crippen LogP) is 2.59. The van der Waals surface area contributed by atoms with Gasteiger partial charge in [0.25, 0.3) is 0 Å². The molecule has 1 atom stereocenters. The highest BCUT2D eigenvalue weighted by molar-refractivity contribution is 5.51. The minimum absolute atomic E-state index is 0.164. The second kappa shape index (κ2) is 6.92. The Kier molecular flexibility index (Phi) is 4.48. The summed E-state index contributed by atoms with van der Waals surface area (Å²) in [6.45, 7) is 4.27. The molecule has 5 nitrogen and oxygen atoms in total. The van der Waals surface area contributed by atoms with E-state index in [-0.39, 0.29) is 11.5 Å². The third-order valence-electron chi connectivity index (χ3n) is 4.89. The first-order chi connectivity index (χ1) is 12.2. The Morgan fingerprint density at radius 2 is 1.64 bits per heavy atom. The van der Waals surface area contributed by atoms with Crippen molar-refractivity contribution in [1.29, 1.82) is 0 Å². The molecule has 4 rings (SSSR count). The van der Waals surface area contributed by atoms with Crippen LogP contribution in [0.15, 0.2) is 30.6 Å². The van der Waals surface area contributed by atoms with Crippen molar-refractivity contribution in [3.63, 3.8) is 0 Å². The second-order valence-electron chi connectivity index (χ2n) is 6.40. The van der Waals surface area contributed by atoms with Crippen LogP contribution in [-0.2, 0) is 4.74 Å². The van der Waals surface area contributed by atoms with Crippen LogP contribution < -0.4 is 9.80 Å². The van der Waals surface area contributed by atoms with E-state index in [1.54, 1.807) is 6.33 Å². The number of nitrogens with zero attached hydrogens (tertiary/aromatic N) is 4. The molecule has 0 amide bonds. The molecule has 2 aliphatic heterocycles. The molecule has 7 heteroatoms. The lowest BCUT2D eigenvalue weighted by atomic mass is 9.97. The molecule has 0 N–H and O–H groups in total. The largest absolute Gasteiger partial charge is 0.378 e. The molecule has 0 aliphatic carbocycles. The smallest absolute Gasteiger partial charge is 0.134 e. The first-order valence-corrected chi connectivity index (χ1v) is 8.56. The van der Waals surface area contributed by atoms with E-state index in [2.05, 4.69) is 19.8 Å². The Hall–Kier alpha value is -2.28. The SMILES string of the molecule is Fc1cccc(F)c1C1CCN(c2cc(N3CCOCC3)ncn2)C1. The maximum atomic E-state index is 14.0. The average Bonchev–Trinajstić information content (AvgIpc) is 3.12. The van der Waals surface area contributed by atoms with Gasteiger partial charge in [0.2, 0.25) is 0 Å². The lowest BCUT2D eigenvalue weighted by Gasteiger charge is -2.28. The van der Waals surface area contributed by atoms with Gasteiger partial charge in [0.05, 0.1) is 13.2 Å². The summed E-state index contributed by atoms with van der Waals surface area (Å²) in [5.41, 5.74) is 0.187. The van der Waals surface area contributed by atoms with Gasteiger partial charge >= 0.3 is 0 Å². The Morgan fingerprint density at radius 1 is 0.960 bits per heavy atom. The summed E-state index contributed by atoms with van der Waals surface area (Å²) in [5, 5.41) is 0. The van der Waals surface area contributed by atoms with Crippen molar-refractivity contribution in [1.82, 2.24) is 9.97 Å². The van der Waals surface area contributed by atoms with E-state index >= 15 is 0 Å². The van der Waals surface area contributed by atoms with E-state index in [1.807, 2.05) is 6.07 Å². The topological polar surface area (TPSA) is 41.5 Å². The zero-order chi connectivity index (χ0) is 17.2. The van der Waals surface area contributed by atoms with Crippen molar-refractivity contribution in [2.45, 2.75) is 12.3 Å². The number of aromatic nitrogens is 2. The van der Waals surface area contributed by atoms with E-state index in [0.717, 1.165) is 31.3 Å². The highest BCUT2D eigenvalue weighted by Crippen LogP contribution is 2.33. The molecule has 0 radical (unpaired) electrons. The molecule has 2 aliphatic rings. The predicted molar refractivity (Wildman–Crippen MR) is 91.0 cm³/mol. The van der Waals surface area contributed by atoms with E-state index in [4.69, 9.17) is 4.74 Å². The Morgan fingerprint density at radius 3 is 2.36 bits per heavy atom. The summed E-state index contributed by atoms with van der Waals surface area (Å²) in [6, 6.07) is 6.00. The molecule has 2 saturated heterocycles. The molecular formula is C18H20F2N4O. The van der Waals surface area contributed by atoms with Crippen LogP contribution in [0.25, 0.3) is 0 Å². The van der Waals surface area contributed by atoms with Gasteiger partial charge in [-0.1, -0.05) is 6.07 Å². The fraction of sp³-hybridized carbons (Fsp3) is 0.444. The van der Waals surface area contributed by atoms with Gasteiger partial charge in [0.1, 0.15) is 29.6 Å². The van der Waals surface area contributed by atoms with Gasteiger partial charge in [-0.3, -0.25) is 0 Å². The van der Waals surface area contributed by atoms with E-state index < -0.39 is 11.6 Å². The normalized spacial score (nSPS) is 21.0. The van der Waals surface area contributed by atoms with Crippen LogP contribution in [0.2, 0.25) is 0 Å². The first-order valence-electron chi connectivity index (χ1n) is 8.56. The van der Waals surface area contributed by atoms with Crippen LogP contribution in [0.5, 0.6) is 0 Å². The molecule has 0 bridgehead atoms. The van der Waals surface area contributed by atoms with Crippen LogP contribution in [0.3, 0.4) is 0 Å². The minimum Gasteiger partial charge on any atom is -0.378 e. The summed E-state index contributed by atoms with van der Waals surface area (Å²) in [7, 11) is 0. The molecule has 2 aromatic rings. The molecular weight excluding hydrogens is 326 g/mol. The van der Waals surface area contributed by atoms with Gasteiger partial charge in [-0.05, 0) is 18.6 Å². The molecule has 132 valence electrons. The zero-order valence-corrected chi connectivity index (χ0v) is 13.9. The standard InChI is InChI=1S/C18H20F2N4O/c19-14-2-1-3-15(20)18(14)13-4-5-24(11-13)17-10-16(21-12-22-17)23-6-8-25-9-7-23/h1-3,10,12-13H,4-9,11H2. The van der Waals surface area contributed by atoms with E-state index in [9.17, 15) is 8.78 Å². The van der Waals surface area contributed by atoms with Crippen molar-refractivity contribution < 1.29 is 13.5 Å². The fourth-order valence-electron chi connectivity index (χ4n) is 3.58. The third-order valence-corrected chi connectivity index (χ3v) is 4.89. The second-order valence-corrected chi connectivity index (χ2v) is 6.40. The van der Waals surface area contributed by atoms with Crippen LogP contribution in [0, 0.1) is 11.6 Å². The average molecular weight is 346 g/mol. The molecule has 1 aromatic heterocycles. The van der Waals surface area contributed by atoms with Crippen LogP contribution in [-0.4, -0.2) is 49.4 Å². The van der Waals surface area contributed by atoms with Gasteiger partial charge in [0.15, 0.2) is 0 Å². The number of rotatable bonds is 3. The number of benzene rings is 1. The number of halogens is 2. The quantitative estimate of drug-likeness (QED) is 0.854. The van der Waals surface area contributed by atoms with Crippen molar-refractivity contribution in [2.75, 3.05) is 49.2 Å². The molecule has 0 spiro atoms. The fourth-order valence-corrected chi connectivity index (χ4v) is 3.58. The number of hydrogen-bond acceptors (Lipinski definition) is 5. The third kappa shape index (κ3) is 3.28. The van der Waals surface area contributed by atoms with Gasteiger partial charge in [0, 0.05) is 43.7 Å². The number of morpholine rings is 1. The number of ether oxygens (including phenoxy) is 1. The molecule has 0 saturated carbocycles. The zero-order valence-electron chi connectivity index (χ0n) is 13.9. The summed E-state index contributed by atoms with van der Waals surface area (Å²) < 4.78 is 33.4. The molecule has 1 aromatic carbocycles. The summed E-state index contributed by atoms with van der Waals surface area (Å²) in [5.74, 6) is 0.569. The van der Waals surface area contributed by atoms with Crippen molar-refractivity contribution in [2.24, 2.45) is 0 Å². The highest BCUT2D eigenvalue weighted by Gasteiger charge is 2.29. The maximum Gasteiger partial charge on any atom is 0.134 e. The Balaban J connectivity index is 1.52. The van der Waals surface area contributed by atoms with Gasteiger partial charge in [-0.25, -0.2) is 18.7 Å². The van der Waals surface area contributed by atoms with Crippen molar-refractivity contribution >= 4 is 11.6 Å². The first kappa shape index (κ1) is 16.2. The number of anilines is 2. The van der Waals surface area contributed by atoms with E-state index in [1.165, 1.54) is 18.2 Å². The molecule has 2 fully saturated rings. The summed E-state index contributed by atoms with van der Waals surface area (Å²) in [6.07, 6.45) is 2.26. The van der Waals surface area contributed by atoms with Crippen LogP contribution >= 0.6 is 0 Å². The molecule has 25 heavy (non-hydrogen) atoms. The van der Waals surface area contributed by atoms with Crippen molar-refractivity contribution in [3.05, 3.63) is 47.8 Å². The lowest BCUT2D eigenvalue weighted by molar-refractivity contribution is 0.122. The maximum absolute atomic E-state index is 14.0. The van der Waals surface area contributed by atoms with Crippen LogP contribution in [0.1, 0.15) is 17.9 Å². The Labute approximate surface area is 145 Å². The highest BCUT2D eigenvalue weighted by atomic mass is 19.1. The lowest BCUT2D eigenvalue weighted by Crippen LogP contribution is -2.37. The van der Waals surface area contributed by atoms with Crippen LogP contribution in [0.4, 0.5) is 20.4 Å².